The minimum absolute atomic E-state index is 0.0672. The fourth-order valence-electron chi connectivity index (χ4n) is 1.55. The van der Waals surface area contributed by atoms with Crippen molar-refractivity contribution >= 4 is 5.91 Å². The van der Waals surface area contributed by atoms with E-state index in [0.29, 0.717) is 6.42 Å². The van der Waals surface area contributed by atoms with E-state index in [9.17, 15) is 4.79 Å². The van der Waals surface area contributed by atoms with Gasteiger partial charge in [-0.05, 0) is 53.0 Å². The van der Waals surface area contributed by atoms with Gasteiger partial charge in [0.05, 0.1) is 0 Å². The minimum Gasteiger partial charge on any atom is -0.320 e. The van der Waals surface area contributed by atoms with Crippen LogP contribution in [0.1, 0.15) is 32.1 Å². The molecule has 0 bridgehead atoms. The summed E-state index contributed by atoms with van der Waals surface area (Å²) in [7, 11) is 4.12. The number of amides is 1. The van der Waals surface area contributed by atoms with Crippen LogP contribution < -0.4 is 16.6 Å². The Morgan fingerprint density at radius 1 is 1.19 bits per heavy atom. The summed E-state index contributed by atoms with van der Waals surface area (Å²) in [5.74, 6) is 4.92. The second-order valence-corrected chi connectivity index (χ2v) is 4.14. The Morgan fingerprint density at radius 2 is 1.88 bits per heavy atom. The van der Waals surface area contributed by atoms with E-state index < -0.39 is 0 Å². The molecular weight excluding hydrogens is 204 g/mol. The zero-order valence-corrected chi connectivity index (χ0v) is 10.6. The van der Waals surface area contributed by atoms with Gasteiger partial charge in [-0.1, -0.05) is 6.42 Å². The van der Waals surface area contributed by atoms with E-state index in [-0.39, 0.29) is 5.91 Å². The third-order valence-electron chi connectivity index (χ3n) is 2.57. The second-order valence-electron chi connectivity index (χ2n) is 4.14. The van der Waals surface area contributed by atoms with Gasteiger partial charge in [0, 0.05) is 6.42 Å². The average molecular weight is 230 g/mol. The number of hydrazine groups is 1. The summed E-state index contributed by atoms with van der Waals surface area (Å²) in [6.07, 6.45) is 4.88. The molecule has 0 aromatic heterocycles. The first-order valence-corrected chi connectivity index (χ1v) is 6.03. The number of nitrogens with two attached hydrogens (primary N) is 1. The van der Waals surface area contributed by atoms with Crippen LogP contribution in [-0.2, 0) is 4.79 Å². The summed E-state index contributed by atoms with van der Waals surface area (Å²) in [5, 5.41) is 3.14. The van der Waals surface area contributed by atoms with E-state index in [1.807, 2.05) is 7.05 Å². The molecule has 0 rings (SSSR count). The molecule has 0 radical (unpaired) electrons. The maximum Gasteiger partial charge on any atom is 0.233 e. The van der Waals surface area contributed by atoms with Gasteiger partial charge in [0.1, 0.15) is 0 Å². The van der Waals surface area contributed by atoms with Crippen LogP contribution in [0.4, 0.5) is 0 Å². The van der Waals surface area contributed by atoms with Crippen molar-refractivity contribution in [3.05, 3.63) is 0 Å². The third kappa shape index (κ3) is 9.89. The molecule has 0 aromatic carbocycles. The molecule has 1 amide bonds. The van der Waals surface area contributed by atoms with E-state index in [4.69, 9.17) is 5.84 Å². The summed E-state index contributed by atoms with van der Waals surface area (Å²) in [5.41, 5.74) is 2.14. The highest BCUT2D eigenvalue weighted by Gasteiger charge is 2.00. The van der Waals surface area contributed by atoms with Crippen LogP contribution >= 0.6 is 0 Å². The van der Waals surface area contributed by atoms with Crippen molar-refractivity contribution < 1.29 is 4.79 Å². The molecule has 4 N–H and O–H groups in total. The second kappa shape index (κ2) is 10.9. The van der Waals surface area contributed by atoms with Crippen molar-refractivity contribution in [1.82, 2.24) is 15.6 Å². The Morgan fingerprint density at radius 3 is 2.50 bits per heavy atom. The van der Waals surface area contributed by atoms with Gasteiger partial charge < -0.3 is 10.2 Å². The standard InChI is InChI=1S/C11H26N4O/c1-13-8-6-10-15(2)9-5-3-4-7-11(16)14-12/h13H,3-10,12H2,1-2H3,(H,14,16). The quantitative estimate of drug-likeness (QED) is 0.215. The predicted octanol–water partition coefficient (Wildman–Crippen LogP) is 0.0780. The first-order valence-electron chi connectivity index (χ1n) is 6.03. The van der Waals surface area contributed by atoms with Gasteiger partial charge in [0.2, 0.25) is 5.91 Å². The van der Waals surface area contributed by atoms with Gasteiger partial charge in [-0.2, -0.15) is 0 Å². The first-order chi connectivity index (χ1) is 7.70. The molecule has 0 fully saturated rings. The summed E-state index contributed by atoms with van der Waals surface area (Å²) in [6, 6.07) is 0. The van der Waals surface area contributed by atoms with Gasteiger partial charge >= 0.3 is 0 Å². The highest BCUT2D eigenvalue weighted by Crippen LogP contribution is 2.01. The number of nitrogens with zero attached hydrogens (tertiary/aromatic N) is 1. The molecule has 0 saturated heterocycles. The van der Waals surface area contributed by atoms with Crippen molar-refractivity contribution in [2.24, 2.45) is 5.84 Å². The molecule has 0 unspecified atom stereocenters. The molecular formula is C11H26N4O. The summed E-state index contributed by atoms with van der Waals surface area (Å²) >= 11 is 0. The van der Waals surface area contributed by atoms with Gasteiger partial charge in [-0.15, -0.1) is 0 Å². The topological polar surface area (TPSA) is 70.4 Å². The number of carbonyl (C=O) groups excluding carboxylic acids is 1. The smallest absolute Gasteiger partial charge is 0.233 e. The van der Waals surface area contributed by atoms with Gasteiger partial charge in [-0.25, -0.2) is 5.84 Å². The number of nitrogens with one attached hydrogen (secondary N) is 2. The monoisotopic (exact) mass is 230 g/mol. The summed E-state index contributed by atoms with van der Waals surface area (Å²) in [6.45, 7) is 3.30. The van der Waals surface area contributed by atoms with E-state index in [1.165, 1.54) is 6.42 Å². The number of carbonyl (C=O) groups is 1. The Hall–Kier alpha value is -0.650. The molecule has 96 valence electrons. The lowest BCUT2D eigenvalue weighted by Gasteiger charge is -2.15. The Kier molecular flexibility index (Phi) is 10.4. The molecule has 5 nitrogen and oxygen atoms in total. The van der Waals surface area contributed by atoms with Crippen molar-refractivity contribution in [3.8, 4) is 0 Å². The third-order valence-corrected chi connectivity index (χ3v) is 2.57. The van der Waals surface area contributed by atoms with Crippen LogP contribution in [0, 0.1) is 0 Å². The lowest BCUT2D eigenvalue weighted by Crippen LogP contribution is -2.29. The maximum absolute atomic E-state index is 10.8. The highest BCUT2D eigenvalue weighted by molar-refractivity contribution is 5.74. The van der Waals surface area contributed by atoms with Crippen LogP contribution in [0.3, 0.4) is 0 Å². The van der Waals surface area contributed by atoms with Crippen LogP contribution in [-0.4, -0.2) is 44.5 Å². The lowest BCUT2D eigenvalue weighted by atomic mass is 10.2. The molecule has 0 aliphatic carbocycles. The van der Waals surface area contributed by atoms with Gasteiger partial charge in [0.15, 0.2) is 0 Å². The molecule has 0 saturated carbocycles. The predicted molar refractivity (Wildman–Crippen MR) is 66.8 cm³/mol. The maximum atomic E-state index is 10.8. The molecule has 0 atom stereocenters. The van der Waals surface area contributed by atoms with E-state index in [1.54, 1.807) is 0 Å². The van der Waals surface area contributed by atoms with Crippen molar-refractivity contribution in [1.29, 1.82) is 0 Å². The van der Waals surface area contributed by atoms with E-state index in [0.717, 1.165) is 38.9 Å². The summed E-state index contributed by atoms with van der Waals surface area (Å²) in [4.78, 5) is 13.2. The Labute approximate surface area is 98.7 Å². The number of hydrogen-bond donors (Lipinski definition) is 3. The first kappa shape index (κ1) is 15.3. The fourth-order valence-corrected chi connectivity index (χ4v) is 1.55. The molecule has 0 aliphatic rings. The van der Waals surface area contributed by atoms with Crippen molar-refractivity contribution in [2.45, 2.75) is 32.1 Å². The van der Waals surface area contributed by atoms with Crippen molar-refractivity contribution in [2.75, 3.05) is 33.7 Å². The van der Waals surface area contributed by atoms with Crippen LogP contribution in [0.25, 0.3) is 0 Å². The lowest BCUT2D eigenvalue weighted by molar-refractivity contribution is -0.121. The zero-order chi connectivity index (χ0) is 12.2. The van der Waals surface area contributed by atoms with E-state index >= 15 is 0 Å². The largest absolute Gasteiger partial charge is 0.320 e. The van der Waals surface area contributed by atoms with Crippen LogP contribution in [0.15, 0.2) is 0 Å². The van der Waals surface area contributed by atoms with Crippen LogP contribution in [0.2, 0.25) is 0 Å². The normalized spacial score (nSPS) is 10.8. The van der Waals surface area contributed by atoms with Crippen molar-refractivity contribution in [3.63, 3.8) is 0 Å². The van der Waals surface area contributed by atoms with E-state index in [2.05, 4.69) is 22.7 Å². The summed E-state index contributed by atoms with van der Waals surface area (Å²) < 4.78 is 0. The molecule has 0 heterocycles. The number of unbranched alkanes of at least 4 members (excludes halogenated alkanes) is 2. The molecule has 0 aliphatic heterocycles. The minimum atomic E-state index is -0.0672. The van der Waals surface area contributed by atoms with Gasteiger partial charge in [-0.3, -0.25) is 10.2 Å². The fraction of sp³-hybridized carbons (Fsp3) is 0.909. The molecule has 16 heavy (non-hydrogen) atoms. The Balaban J connectivity index is 3.21. The number of rotatable bonds is 10. The number of hydrogen-bond acceptors (Lipinski definition) is 4. The Bertz CT molecular complexity index is 175. The molecule has 0 spiro atoms. The average Bonchev–Trinajstić information content (AvgIpc) is 2.28. The molecule has 5 heteroatoms. The zero-order valence-electron chi connectivity index (χ0n) is 10.6. The molecule has 0 aromatic rings. The SMILES string of the molecule is CNCCCN(C)CCCCCC(=O)NN. The highest BCUT2D eigenvalue weighted by atomic mass is 16.2. The van der Waals surface area contributed by atoms with Gasteiger partial charge in [0.25, 0.3) is 0 Å². The van der Waals surface area contributed by atoms with Crippen LogP contribution in [0.5, 0.6) is 0 Å².